The number of aliphatic hydroxyl groups is 1. The van der Waals surface area contributed by atoms with Crippen molar-refractivity contribution < 1.29 is 10.0 Å². The maximum Gasteiger partial charge on any atom is 0.294 e. The summed E-state index contributed by atoms with van der Waals surface area (Å²) in [5.74, 6) is 0. The third-order valence-electron chi connectivity index (χ3n) is 3.91. The van der Waals surface area contributed by atoms with E-state index < -0.39 is 4.92 Å². The van der Waals surface area contributed by atoms with Crippen LogP contribution in [0, 0.1) is 10.1 Å². The van der Waals surface area contributed by atoms with Gasteiger partial charge < -0.3 is 14.9 Å². The summed E-state index contributed by atoms with van der Waals surface area (Å²) >= 11 is 5.87. The summed E-state index contributed by atoms with van der Waals surface area (Å²) in [5.41, 5.74) is 0.530. The fraction of sp³-hybridized carbons (Fsp3) is 0.571. The molecule has 1 saturated heterocycles. The van der Waals surface area contributed by atoms with E-state index in [1.54, 1.807) is 12.1 Å². The third-order valence-corrected chi connectivity index (χ3v) is 4.15. The summed E-state index contributed by atoms with van der Waals surface area (Å²) in [5, 5.41) is 20.9. The van der Waals surface area contributed by atoms with Crippen LogP contribution in [-0.2, 0) is 0 Å². The van der Waals surface area contributed by atoms with Gasteiger partial charge in [0, 0.05) is 23.7 Å². The molecule has 6 nitrogen and oxygen atoms in total. The Morgan fingerprint density at radius 2 is 2.14 bits per heavy atom. The zero-order valence-electron chi connectivity index (χ0n) is 12.0. The highest BCUT2D eigenvalue weighted by Crippen LogP contribution is 2.33. The highest BCUT2D eigenvalue weighted by molar-refractivity contribution is 6.30. The molecule has 2 rings (SSSR count). The van der Waals surface area contributed by atoms with Gasteiger partial charge in [-0.1, -0.05) is 11.6 Å². The average molecular weight is 314 g/mol. The number of aliphatic hydroxyl groups excluding tert-OH is 1. The second-order valence-corrected chi connectivity index (χ2v) is 5.78. The van der Waals surface area contributed by atoms with Gasteiger partial charge in [-0.15, -0.1) is 0 Å². The van der Waals surface area contributed by atoms with E-state index in [1.807, 2.05) is 4.90 Å². The van der Waals surface area contributed by atoms with Gasteiger partial charge in [0.05, 0.1) is 11.5 Å². The second-order valence-electron chi connectivity index (χ2n) is 5.34. The summed E-state index contributed by atoms with van der Waals surface area (Å²) in [6.07, 6.45) is 1.85. The molecule has 116 valence electrons. The van der Waals surface area contributed by atoms with Crippen LogP contribution in [0.25, 0.3) is 0 Å². The van der Waals surface area contributed by atoms with Crippen LogP contribution in [-0.4, -0.2) is 54.3 Å². The summed E-state index contributed by atoms with van der Waals surface area (Å²) in [6, 6.07) is 4.90. The molecule has 1 aromatic rings. The molecule has 1 aliphatic heterocycles. The van der Waals surface area contributed by atoms with Gasteiger partial charge in [-0.3, -0.25) is 10.1 Å². The number of piperidine rings is 1. The van der Waals surface area contributed by atoms with E-state index in [4.69, 9.17) is 11.6 Å². The van der Waals surface area contributed by atoms with Gasteiger partial charge in [0.2, 0.25) is 0 Å². The number of hydrogen-bond acceptors (Lipinski definition) is 5. The van der Waals surface area contributed by atoms with Crippen molar-refractivity contribution in [2.45, 2.75) is 18.9 Å². The molecular weight excluding hydrogens is 294 g/mol. The minimum atomic E-state index is -0.416. The maximum atomic E-state index is 11.3. The molecule has 0 saturated carbocycles. The summed E-state index contributed by atoms with van der Waals surface area (Å²) < 4.78 is 0. The quantitative estimate of drug-likeness (QED) is 0.666. The maximum absolute atomic E-state index is 11.3. The molecule has 1 N–H and O–H groups in total. The monoisotopic (exact) mass is 313 g/mol. The van der Waals surface area contributed by atoms with Crippen molar-refractivity contribution in [2.24, 2.45) is 0 Å². The molecule has 0 unspecified atom stereocenters. The topological polar surface area (TPSA) is 69.8 Å². The van der Waals surface area contributed by atoms with Gasteiger partial charge in [0.25, 0.3) is 5.69 Å². The molecule has 0 aliphatic carbocycles. The number of hydrogen-bond donors (Lipinski definition) is 1. The number of nitrogens with zero attached hydrogens (tertiary/aromatic N) is 3. The Hall–Kier alpha value is -1.37. The molecule has 1 heterocycles. The molecule has 7 heteroatoms. The Labute approximate surface area is 129 Å². The predicted octanol–water partition coefficient (Wildman–Crippen LogP) is 2.14. The van der Waals surface area contributed by atoms with Gasteiger partial charge in [0.15, 0.2) is 0 Å². The van der Waals surface area contributed by atoms with Gasteiger partial charge in [-0.2, -0.15) is 0 Å². The third kappa shape index (κ3) is 3.84. The Bertz CT molecular complexity index is 504. The molecular formula is C14H20ClN3O3. The Morgan fingerprint density at radius 1 is 1.48 bits per heavy atom. The molecule has 0 amide bonds. The fourth-order valence-electron chi connectivity index (χ4n) is 2.80. The molecule has 0 spiro atoms. The number of nitro benzene ring substituents is 1. The van der Waals surface area contributed by atoms with Crippen molar-refractivity contribution in [1.29, 1.82) is 0 Å². The first-order chi connectivity index (χ1) is 10.0. The number of rotatable bonds is 5. The van der Waals surface area contributed by atoms with Crippen LogP contribution in [0.4, 0.5) is 11.4 Å². The normalized spacial score (nSPS) is 16.9. The van der Waals surface area contributed by atoms with Crippen LogP contribution < -0.4 is 4.90 Å². The first kappa shape index (κ1) is 16.0. The number of likely N-dealkylation sites (tertiary alicyclic amines) is 1. The fourth-order valence-corrected chi connectivity index (χ4v) is 2.97. The molecule has 1 aliphatic rings. The van der Waals surface area contributed by atoms with Crippen molar-refractivity contribution >= 4 is 23.0 Å². The lowest BCUT2D eigenvalue weighted by molar-refractivity contribution is -0.384. The first-order valence-electron chi connectivity index (χ1n) is 7.03. The molecule has 0 radical (unpaired) electrons. The highest BCUT2D eigenvalue weighted by Gasteiger charge is 2.28. The minimum absolute atomic E-state index is 0.00474. The lowest BCUT2D eigenvalue weighted by atomic mass is 10.0. The van der Waals surface area contributed by atoms with Crippen LogP contribution in [0.1, 0.15) is 12.8 Å². The van der Waals surface area contributed by atoms with Crippen LogP contribution in [0.2, 0.25) is 5.02 Å². The Balaban J connectivity index is 2.31. The van der Waals surface area contributed by atoms with Gasteiger partial charge in [0.1, 0.15) is 5.69 Å². The summed E-state index contributed by atoms with van der Waals surface area (Å²) in [6.45, 7) is 2.25. The van der Waals surface area contributed by atoms with Crippen LogP contribution in [0.5, 0.6) is 0 Å². The summed E-state index contributed by atoms with van der Waals surface area (Å²) in [7, 11) is 2.07. The van der Waals surface area contributed by atoms with E-state index in [1.165, 1.54) is 6.07 Å². The number of halogens is 1. The number of benzene rings is 1. The molecule has 1 fully saturated rings. The van der Waals surface area contributed by atoms with Crippen LogP contribution in [0.3, 0.4) is 0 Å². The molecule has 21 heavy (non-hydrogen) atoms. The van der Waals surface area contributed by atoms with E-state index in [-0.39, 0.29) is 18.3 Å². The van der Waals surface area contributed by atoms with Gasteiger partial charge >= 0.3 is 0 Å². The lowest BCUT2D eigenvalue weighted by Crippen LogP contribution is -2.45. The van der Waals surface area contributed by atoms with Gasteiger partial charge in [-0.25, -0.2) is 0 Å². The van der Waals surface area contributed by atoms with E-state index >= 15 is 0 Å². The SMILES string of the molecule is CN1CCC(N(CCO)c2ccc(Cl)cc2[N+](=O)[O-])CC1. The zero-order valence-corrected chi connectivity index (χ0v) is 12.8. The minimum Gasteiger partial charge on any atom is -0.395 e. The second kappa shape index (κ2) is 7.06. The van der Waals surface area contributed by atoms with Crippen LogP contribution in [0.15, 0.2) is 18.2 Å². The predicted molar refractivity (Wildman–Crippen MR) is 83.1 cm³/mol. The van der Waals surface area contributed by atoms with E-state index in [0.717, 1.165) is 25.9 Å². The molecule has 0 bridgehead atoms. The van der Waals surface area contributed by atoms with Crippen molar-refractivity contribution in [2.75, 3.05) is 38.2 Å². The average Bonchev–Trinajstić information content (AvgIpc) is 2.46. The largest absolute Gasteiger partial charge is 0.395 e. The highest BCUT2D eigenvalue weighted by atomic mass is 35.5. The van der Waals surface area contributed by atoms with Crippen LogP contribution >= 0.6 is 11.6 Å². The number of nitro groups is 1. The summed E-state index contributed by atoms with van der Waals surface area (Å²) in [4.78, 5) is 15.0. The van der Waals surface area contributed by atoms with E-state index in [0.29, 0.717) is 17.3 Å². The van der Waals surface area contributed by atoms with Crippen molar-refractivity contribution in [3.05, 3.63) is 33.3 Å². The number of anilines is 1. The Kier molecular flexibility index (Phi) is 5.39. The van der Waals surface area contributed by atoms with Crippen molar-refractivity contribution in [1.82, 2.24) is 4.90 Å². The van der Waals surface area contributed by atoms with E-state index in [2.05, 4.69) is 11.9 Å². The molecule has 0 atom stereocenters. The van der Waals surface area contributed by atoms with E-state index in [9.17, 15) is 15.2 Å². The van der Waals surface area contributed by atoms with Gasteiger partial charge in [-0.05, 0) is 45.1 Å². The van der Waals surface area contributed by atoms with Crippen molar-refractivity contribution in [3.8, 4) is 0 Å². The van der Waals surface area contributed by atoms with Crippen molar-refractivity contribution in [3.63, 3.8) is 0 Å². The molecule has 1 aromatic carbocycles. The lowest BCUT2D eigenvalue weighted by Gasteiger charge is -2.38. The smallest absolute Gasteiger partial charge is 0.294 e. The molecule has 0 aromatic heterocycles. The Morgan fingerprint density at radius 3 is 2.71 bits per heavy atom. The first-order valence-corrected chi connectivity index (χ1v) is 7.40. The zero-order chi connectivity index (χ0) is 15.4. The standard InChI is InChI=1S/C14H20ClN3O3/c1-16-6-4-12(5-7-16)17(8-9-19)13-3-2-11(15)10-14(13)18(20)21/h2-3,10,12,19H,4-9H2,1H3.